The fourth-order valence-corrected chi connectivity index (χ4v) is 2.05. The number of benzene rings is 2. The van der Waals surface area contributed by atoms with Crippen LogP contribution in [0.3, 0.4) is 0 Å². The topological polar surface area (TPSA) is 41.1 Å². The Morgan fingerprint density at radius 3 is 2.38 bits per heavy atom. The highest BCUT2D eigenvalue weighted by molar-refractivity contribution is 9.10. The van der Waals surface area contributed by atoms with Crippen LogP contribution < -0.4 is 10.6 Å². The monoisotopic (exact) mass is 350 g/mol. The van der Waals surface area contributed by atoms with Crippen molar-refractivity contribution in [3.05, 3.63) is 58.3 Å². The average Bonchev–Trinajstić information content (AvgIpc) is 2.45. The molecule has 5 heteroatoms. The first-order valence-corrected chi connectivity index (χ1v) is 7.34. The molecular formula is C16H16BrFN2O. The Labute approximate surface area is 131 Å². The second kappa shape index (κ2) is 6.72. The third-order valence-electron chi connectivity index (χ3n) is 3.06. The van der Waals surface area contributed by atoms with Crippen molar-refractivity contribution in [1.29, 1.82) is 0 Å². The number of anilines is 2. The summed E-state index contributed by atoms with van der Waals surface area (Å²) in [6, 6.07) is 11.7. The Hall–Kier alpha value is -1.88. The van der Waals surface area contributed by atoms with Crippen molar-refractivity contribution in [3.63, 3.8) is 0 Å². The molecule has 3 nitrogen and oxygen atoms in total. The average molecular weight is 351 g/mol. The third-order valence-corrected chi connectivity index (χ3v) is 3.59. The van der Waals surface area contributed by atoms with E-state index in [4.69, 9.17) is 0 Å². The van der Waals surface area contributed by atoms with Crippen molar-refractivity contribution in [1.82, 2.24) is 0 Å². The molecule has 2 N–H and O–H groups in total. The number of aryl methyl sites for hydroxylation is 1. The maximum atomic E-state index is 13.5. The molecule has 0 heterocycles. The molecule has 2 aromatic rings. The zero-order valence-corrected chi connectivity index (χ0v) is 13.4. The molecule has 0 aliphatic heterocycles. The van der Waals surface area contributed by atoms with Crippen molar-refractivity contribution < 1.29 is 9.18 Å². The number of carbonyl (C=O) groups excluding carboxylic acids is 1. The first-order valence-electron chi connectivity index (χ1n) is 6.55. The molecule has 0 spiro atoms. The van der Waals surface area contributed by atoms with E-state index in [1.807, 2.05) is 12.1 Å². The minimum Gasteiger partial charge on any atom is -0.374 e. The maximum Gasteiger partial charge on any atom is 0.246 e. The van der Waals surface area contributed by atoms with Gasteiger partial charge in [-0.25, -0.2) is 4.39 Å². The number of amides is 1. The number of carbonyl (C=O) groups is 1. The molecule has 2 rings (SSSR count). The lowest BCUT2D eigenvalue weighted by atomic mass is 10.2. The minimum absolute atomic E-state index is 0.182. The van der Waals surface area contributed by atoms with Gasteiger partial charge < -0.3 is 10.6 Å². The van der Waals surface area contributed by atoms with Gasteiger partial charge in [-0.3, -0.25) is 4.79 Å². The van der Waals surface area contributed by atoms with Gasteiger partial charge in [-0.1, -0.05) is 22.0 Å². The lowest BCUT2D eigenvalue weighted by Gasteiger charge is -2.15. The van der Waals surface area contributed by atoms with Crippen LogP contribution in [0.25, 0.3) is 0 Å². The van der Waals surface area contributed by atoms with Gasteiger partial charge in [-0.15, -0.1) is 0 Å². The molecule has 0 unspecified atom stereocenters. The van der Waals surface area contributed by atoms with Crippen molar-refractivity contribution in [2.24, 2.45) is 0 Å². The molecule has 0 bridgehead atoms. The Morgan fingerprint density at radius 2 is 1.76 bits per heavy atom. The predicted molar refractivity (Wildman–Crippen MR) is 87.0 cm³/mol. The summed E-state index contributed by atoms with van der Waals surface area (Å²) >= 11 is 3.34. The zero-order valence-electron chi connectivity index (χ0n) is 11.8. The molecule has 0 aromatic heterocycles. The van der Waals surface area contributed by atoms with Crippen LogP contribution in [-0.4, -0.2) is 11.9 Å². The van der Waals surface area contributed by atoms with Gasteiger partial charge in [0.2, 0.25) is 5.91 Å². The fraction of sp³-hybridized carbons (Fsp3) is 0.188. The van der Waals surface area contributed by atoms with E-state index in [2.05, 4.69) is 26.6 Å². The Morgan fingerprint density at radius 1 is 1.14 bits per heavy atom. The van der Waals surface area contributed by atoms with Crippen LogP contribution in [0.15, 0.2) is 46.9 Å². The lowest BCUT2D eigenvalue weighted by Crippen LogP contribution is -2.31. The molecule has 0 fully saturated rings. The summed E-state index contributed by atoms with van der Waals surface area (Å²) in [5.74, 6) is -0.473. The van der Waals surface area contributed by atoms with Crippen LogP contribution in [0, 0.1) is 12.7 Å². The van der Waals surface area contributed by atoms with Gasteiger partial charge in [0.25, 0.3) is 0 Å². The van der Waals surface area contributed by atoms with E-state index in [1.54, 1.807) is 38.1 Å². The molecule has 0 aliphatic rings. The van der Waals surface area contributed by atoms with E-state index in [9.17, 15) is 9.18 Å². The van der Waals surface area contributed by atoms with Crippen LogP contribution >= 0.6 is 15.9 Å². The Kier molecular flexibility index (Phi) is 4.96. The van der Waals surface area contributed by atoms with Crippen molar-refractivity contribution in [2.45, 2.75) is 19.9 Å². The largest absolute Gasteiger partial charge is 0.374 e. The minimum atomic E-state index is -0.476. The van der Waals surface area contributed by atoms with Crippen molar-refractivity contribution in [2.75, 3.05) is 10.6 Å². The Balaban J connectivity index is 1.98. The van der Waals surface area contributed by atoms with Gasteiger partial charge in [0.1, 0.15) is 11.9 Å². The number of nitrogens with one attached hydrogen (secondary N) is 2. The Bertz CT molecular complexity index is 643. The first kappa shape index (κ1) is 15.5. The molecular weight excluding hydrogens is 335 g/mol. The normalized spacial score (nSPS) is 11.8. The zero-order chi connectivity index (χ0) is 15.4. The maximum absolute atomic E-state index is 13.5. The summed E-state index contributed by atoms with van der Waals surface area (Å²) < 4.78 is 14.4. The molecule has 0 aliphatic carbocycles. The molecule has 0 saturated carbocycles. The standard InChI is InChI=1S/C16H16BrFN2O/c1-10-3-6-14(9-15(10)18)19-11(2)16(21)20-13-7-4-12(17)5-8-13/h3-9,11,19H,1-2H3,(H,20,21)/t11-/m0/s1. The molecule has 110 valence electrons. The van der Waals surface area contributed by atoms with E-state index in [-0.39, 0.29) is 11.7 Å². The van der Waals surface area contributed by atoms with E-state index < -0.39 is 6.04 Å². The summed E-state index contributed by atoms with van der Waals surface area (Å²) in [6.07, 6.45) is 0. The van der Waals surface area contributed by atoms with Gasteiger partial charge in [0.05, 0.1) is 0 Å². The van der Waals surface area contributed by atoms with E-state index in [0.29, 0.717) is 16.9 Å². The smallest absolute Gasteiger partial charge is 0.246 e. The molecule has 1 atom stereocenters. The summed E-state index contributed by atoms with van der Waals surface area (Å²) in [4.78, 5) is 12.1. The van der Waals surface area contributed by atoms with E-state index in [0.717, 1.165) is 4.47 Å². The third kappa shape index (κ3) is 4.29. The van der Waals surface area contributed by atoms with Crippen LogP contribution in [0.4, 0.5) is 15.8 Å². The van der Waals surface area contributed by atoms with Crippen LogP contribution in [0.5, 0.6) is 0 Å². The number of hydrogen-bond acceptors (Lipinski definition) is 2. The number of rotatable bonds is 4. The molecule has 0 radical (unpaired) electrons. The van der Waals surface area contributed by atoms with Gasteiger partial charge in [-0.2, -0.15) is 0 Å². The summed E-state index contributed by atoms with van der Waals surface area (Å²) in [5.41, 5.74) is 1.87. The molecule has 21 heavy (non-hydrogen) atoms. The van der Waals surface area contributed by atoms with Crippen molar-refractivity contribution >= 4 is 33.2 Å². The predicted octanol–water partition coefficient (Wildman–Crippen LogP) is 4.34. The van der Waals surface area contributed by atoms with Gasteiger partial charge in [0.15, 0.2) is 0 Å². The first-order chi connectivity index (χ1) is 9.95. The molecule has 0 saturated heterocycles. The second-order valence-electron chi connectivity index (χ2n) is 4.83. The van der Waals surface area contributed by atoms with Gasteiger partial charge in [0, 0.05) is 15.8 Å². The second-order valence-corrected chi connectivity index (χ2v) is 5.74. The van der Waals surface area contributed by atoms with E-state index >= 15 is 0 Å². The lowest BCUT2D eigenvalue weighted by molar-refractivity contribution is -0.116. The van der Waals surface area contributed by atoms with Crippen LogP contribution in [0.1, 0.15) is 12.5 Å². The highest BCUT2D eigenvalue weighted by atomic mass is 79.9. The summed E-state index contributed by atoms with van der Waals surface area (Å²) in [5, 5.41) is 5.78. The molecule has 1 amide bonds. The fourth-order valence-electron chi connectivity index (χ4n) is 1.78. The SMILES string of the molecule is Cc1ccc(N[C@@H](C)C(=O)Nc2ccc(Br)cc2)cc1F. The van der Waals surface area contributed by atoms with Crippen LogP contribution in [0.2, 0.25) is 0 Å². The number of hydrogen-bond donors (Lipinski definition) is 2. The highest BCUT2D eigenvalue weighted by Crippen LogP contribution is 2.16. The van der Waals surface area contributed by atoms with Gasteiger partial charge >= 0.3 is 0 Å². The van der Waals surface area contributed by atoms with Crippen molar-refractivity contribution in [3.8, 4) is 0 Å². The summed E-state index contributed by atoms with van der Waals surface area (Å²) in [6.45, 7) is 3.43. The highest BCUT2D eigenvalue weighted by Gasteiger charge is 2.13. The van der Waals surface area contributed by atoms with Gasteiger partial charge in [-0.05, 0) is 55.8 Å². The molecule has 2 aromatic carbocycles. The van der Waals surface area contributed by atoms with Crippen LogP contribution in [-0.2, 0) is 4.79 Å². The number of halogens is 2. The summed E-state index contributed by atoms with van der Waals surface area (Å²) in [7, 11) is 0. The van der Waals surface area contributed by atoms with E-state index in [1.165, 1.54) is 6.07 Å². The quantitative estimate of drug-likeness (QED) is 0.861.